The van der Waals surface area contributed by atoms with E-state index in [0.717, 1.165) is 43.0 Å². The number of benzene rings is 1. The lowest BCUT2D eigenvalue weighted by Gasteiger charge is -2.41. The second-order valence-corrected chi connectivity index (χ2v) is 6.31. The van der Waals surface area contributed by atoms with Gasteiger partial charge in [0.25, 0.3) is 0 Å². The second-order valence-electron chi connectivity index (χ2n) is 6.31. The molecule has 2 aliphatic heterocycles. The third-order valence-electron chi connectivity index (χ3n) is 4.92. The van der Waals surface area contributed by atoms with Crippen LogP contribution >= 0.6 is 0 Å². The van der Waals surface area contributed by atoms with Crippen LogP contribution in [0.5, 0.6) is 0 Å². The Balaban J connectivity index is 1.86. The first-order valence-electron chi connectivity index (χ1n) is 8.39. The molecule has 1 aromatic carbocycles. The first kappa shape index (κ1) is 15.9. The van der Waals surface area contributed by atoms with E-state index < -0.39 is 0 Å². The highest BCUT2D eigenvalue weighted by atomic mass is 19.1. The van der Waals surface area contributed by atoms with Gasteiger partial charge in [-0.3, -0.25) is 0 Å². The number of nitrogen functional groups attached to an aromatic ring is 1. The van der Waals surface area contributed by atoms with Crippen LogP contribution in [0, 0.1) is 5.82 Å². The molecule has 1 atom stereocenters. The Kier molecular flexibility index (Phi) is 4.03. The van der Waals surface area contributed by atoms with E-state index in [2.05, 4.69) is 20.3 Å². The lowest BCUT2D eigenvalue weighted by atomic mass is 9.98. The maximum absolute atomic E-state index is 13.5. The summed E-state index contributed by atoms with van der Waals surface area (Å²) in [5.41, 5.74) is 8.45. The number of aliphatic imine (C=N–C) groups is 1. The summed E-state index contributed by atoms with van der Waals surface area (Å²) in [6.07, 6.45) is 7.38. The van der Waals surface area contributed by atoms with Gasteiger partial charge in [-0.2, -0.15) is 0 Å². The summed E-state index contributed by atoms with van der Waals surface area (Å²) < 4.78 is 13.9. The second kappa shape index (κ2) is 6.34. The van der Waals surface area contributed by atoms with Crippen molar-refractivity contribution in [3.8, 4) is 0 Å². The molecule has 1 aromatic heterocycles. The smallest absolute Gasteiger partial charge is 0.220 e. The van der Waals surface area contributed by atoms with Gasteiger partial charge < -0.3 is 11.1 Å². The summed E-state index contributed by atoms with van der Waals surface area (Å²) in [7, 11) is 0. The molecule has 1 unspecified atom stereocenters. The molecule has 2 aromatic rings. The Morgan fingerprint density at radius 2 is 1.88 bits per heavy atom. The highest BCUT2D eigenvalue weighted by Gasteiger charge is 2.46. The number of aromatic nitrogens is 2. The summed E-state index contributed by atoms with van der Waals surface area (Å²) in [4.78, 5) is 12.9. The standard InChI is InChI=1S/C18H20FN6/c19-13-1-3-14(4-2-13)25(15-5-8-21-9-6-15)12-22-11-17(25)16-7-10-23-18(20)24-16/h1-4,7,10-12,15,21H,5-6,8-9H2,(H2,20,23,24)/q+1. The molecular formula is C18H20FN6+. The van der Waals surface area contributed by atoms with E-state index in [1.54, 1.807) is 6.20 Å². The van der Waals surface area contributed by atoms with E-state index in [4.69, 9.17) is 5.73 Å². The van der Waals surface area contributed by atoms with E-state index in [0.29, 0.717) is 10.5 Å². The zero-order chi connectivity index (χ0) is 17.3. The molecule has 6 nitrogen and oxygen atoms in total. The zero-order valence-electron chi connectivity index (χ0n) is 13.8. The third kappa shape index (κ3) is 2.71. The zero-order valence-corrected chi connectivity index (χ0v) is 13.8. The molecule has 128 valence electrons. The maximum Gasteiger partial charge on any atom is 0.220 e. The van der Waals surface area contributed by atoms with Gasteiger partial charge in [0.2, 0.25) is 12.3 Å². The lowest BCUT2D eigenvalue weighted by Crippen LogP contribution is -2.56. The van der Waals surface area contributed by atoms with Gasteiger partial charge in [0.1, 0.15) is 23.2 Å². The molecule has 7 heteroatoms. The van der Waals surface area contributed by atoms with Crippen molar-refractivity contribution in [2.24, 2.45) is 4.99 Å². The summed E-state index contributed by atoms with van der Waals surface area (Å²) in [5, 5.41) is 3.40. The molecule has 1 saturated heterocycles. The molecule has 0 aliphatic carbocycles. The lowest BCUT2D eigenvalue weighted by molar-refractivity contribution is 0.327. The van der Waals surface area contributed by atoms with Crippen LogP contribution in [-0.2, 0) is 0 Å². The average Bonchev–Trinajstić information content (AvgIpc) is 3.09. The van der Waals surface area contributed by atoms with Crippen molar-refractivity contribution in [3.63, 3.8) is 0 Å². The minimum atomic E-state index is -0.250. The van der Waals surface area contributed by atoms with Crippen LogP contribution in [0.2, 0.25) is 0 Å². The number of rotatable bonds is 3. The van der Waals surface area contributed by atoms with Gasteiger partial charge in [0.15, 0.2) is 5.70 Å². The molecule has 3 N–H and O–H groups in total. The highest BCUT2D eigenvalue weighted by Crippen LogP contribution is 2.40. The fourth-order valence-corrected chi connectivity index (χ4v) is 3.75. The normalized spacial score (nSPS) is 23.6. The molecule has 0 radical (unpaired) electrons. The van der Waals surface area contributed by atoms with Crippen molar-refractivity contribution in [2.45, 2.75) is 18.9 Å². The molecule has 2 aliphatic rings. The van der Waals surface area contributed by atoms with Gasteiger partial charge in [-0.15, -0.1) is 0 Å². The van der Waals surface area contributed by atoms with E-state index >= 15 is 0 Å². The monoisotopic (exact) mass is 339 g/mol. The van der Waals surface area contributed by atoms with Crippen LogP contribution in [0.15, 0.2) is 47.7 Å². The SMILES string of the molecule is Nc1nccc(C2=CN=C[N+]2(c2ccc(F)cc2)C2CCNCC2)n1. The number of piperidine rings is 1. The number of hydrogen-bond donors (Lipinski definition) is 2. The minimum Gasteiger partial charge on any atom is -0.368 e. The Morgan fingerprint density at radius 1 is 1.12 bits per heavy atom. The number of nitrogens with zero attached hydrogens (tertiary/aromatic N) is 4. The molecule has 0 amide bonds. The Labute approximate surface area is 145 Å². The first-order chi connectivity index (χ1) is 12.2. The van der Waals surface area contributed by atoms with Crippen molar-refractivity contribution in [1.29, 1.82) is 0 Å². The van der Waals surface area contributed by atoms with Gasteiger partial charge in [-0.1, -0.05) is 0 Å². The molecule has 1 fully saturated rings. The van der Waals surface area contributed by atoms with Gasteiger partial charge >= 0.3 is 0 Å². The van der Waals surface area contributed by atoms with Crippen LogP contribution in [0.3, 0.4) is 0 Å². The van der Waals surface area contributed by atoms with Crippen LogP contribution < -0.4 is 15.5 Å². The first-order valence-corrected chi connectivity index (χ1v) is 8.39. The number of nitrogens with two attached hydrogens (primary N) is 1. The van der Waals surface area contributed by atoms with E-state index in [-0.39, 0.29) is 11.8 Å². The fraction of sp³-hybridized carbons (Fsp3) is 0.278. The third-order valence-corrected chi connectivity index (χ3v) is 4.92. The predicted molar refractivity (Wildman–Crippen MR) is 97.0 cm³/mol. The van der Waals surface area contributed by atoms with Gasteiger partial charge in [-0.05, 0) is 18.2 Å². The minimum absolute atomic E-state index is 0.229. The molecule has 0 bridgehead atoms. The maximum atomic E-state index is 13.5. The number of anilines is 1. The van der Waals surface area contributed by atoms with Crippen LogP contribution in [-0.4, -0.2) is 35.4 Å². The highest BCUT2D eigenvalue weighted by molar-refractivity contribution is 5.95. The van der Waals surface area contributed by atoms with Crippen molar-refractivity contribution in [2.75, 3.05) is 18.8 Å². The number of hydrogen-bond acceptors (Lipinski definition) is 5. The van der Waals surface area contributed by atoms with E-state index in [9.17, 15) is 4.39 Å². The summed E-state index contributed by atoms with van der Waals surface area (Å²) >= 11 is 0. The van der Waals surface area contributed by atoms with Crippen molar-refractivity contribution >= 4 is 23.7 Å². The fourth-order valence-electron chi connectivity index (χ4n) is 3.75. The van der Waals surface area contributed by atoms with Crippen LogP contribution in [0.4, 0.5) is 16.0 Å². The van der Waals surface area contributed by atoms with E-state index in [1.165, 1.54) is 12.1 Å². The topological polar surface area (TPSA) is 76.2 Å². The number of nitrogens with one attached hydrogen (secondary N) is 1. The molecule has 0 saturated carbocycles. The Hall–Kier alpha value is -2.64. The average molecular weight is 339 g/mol. The number of quaternary nitrogens is 1. The van der Waals surface area contributed by atoms with Crippen LogP contribution in [0.1, 0.15) is 18.5 Å². The molecule has 4 rings (SSSR count). The van der Waals surface area contributed by atoms with Crippen molar-refractivity contribution in [3.05, 3.63) is 54.2 Å². The van der Waals surface area contributed by atoms with Gasteiger partial charge in [0.05, 0.1) is 6.20 Å². The largest absolute Gasteiger partial charge is 0.368 e. The Bertz CT molecular complexity index is 826. The molecular weight excluding hydrogens is 319 g/mol. The van der Waals surface area contributed by atoms with Gasteiger partial charge in [0, 0.05) is 44.3 Å². The number of halogens is 1. The summed E-state index contributed by atoms with van der Waals surface area (Å²) in [5.74, 6) is -0.0204. The summed E-state index contributed by atoms with van der Waals surface area (Å²) in [6.45, 7) is 1.89. The molecule has 0 spiro atoms. The van der Waals surface area contributed by atoms with Crippen molar-refractivity contribution < 1.29 is 4.39 Å². The quantitative estimate of drug-likeness (QED) is 0.842. The van der Waals surface area contributed by atoms with Gasteiger partial charge in [-0.25, -0.2) is 23.8 Å². The van der Waals surface area contributed by atoms with Crippen molar-refractivity contribution in [1.82, 2.24) is 19.8 Å². The van der Waals surface area contributed by atoms with E-state index in [1.807, 2.05) is 30.7 Å². The molecule has 25 heavy (non-hydrogen) atoms. The predicted octanol–water partition coefficient (Wildman–Crippen LogP) is 2.30. The molecule has 3 heterocycles. The summed E-state index contributed by atoms with van der Waals surface area (Å²) in [6, 6.07) is 8.78. The van der Waals surface area contributed by atoms with Crippen LogP contribution in [0.25, 0.3) is 5.70 Å². The Morgan fingerprint density at radius 3 is 2.60 bits per heavy atom.